The topological polar surface area (TPSA) is 0 Å². The van der Waals surface area contributed by atoms with Gasteiger partial charge in [-0.05, 0) is 10.1 Å². The third kappa shape index (κ3) is 24.0. The van der Waals surface area contributed by atoms with E-state index in [0.717, 1.165) is 10.1 Å². The van der Waals surface area contributed by atoms with Crippen molar-refractivity contribution in [3.05, 3.63) is 0 Å². The summed E-state index contributed by atoms with van der Waals surface area (Å²) in [5, 5.41) is 0. The van der Waals surface area contributed by atoms with Crippen molar-refractivity contribution in [3.8, 4) is 0 Å². The molecule has 0 aliphatic heterocycles. The van der Waals surface area contributed by atoms with E-state index in [1.165, 1.54) is 0 Å². The van der Waals surface area contributed by atoms with Gasteiger partial charge in [-0.2, -0.15) is 0 Å². The molecule has 5 heteroatoms. The maximum Gasteiger partial charge on any atom is 0.0434 e. The molecule has 0 saturated heterocycles. The first-order valence-corrected chi connectivity index (χ1v) is 1.73. The quantitative estimate of drug-likeness (QED) is 0.469. The average molecular weight is 336 g/mol. The molecule has 0 aliphatic carbocycles. The van der Waals surface area contributed by atoms with Crippen molar-refractivity contribution in [2.45, 2.75) is 0 Å². The molecule has 0 nitrogen and oxygen atoms in total. The summed E-state index contributed by atoms with van der Waals surface area (Å²) in [6, 6.07) is 0. The van der Waals surface area contributed by atoms with Crippen LogP contribution in [0.1, 0.15) is 0 Å². The van der Waals surface area contributed by atoms with Crippen LogP contribution in [0.25, 0.3) is 0 Å². The summed E-state index contributed by atoms with van der Waals surface area (Å²) in [6.45, 7) is 0. The number of hydrogen-bond acceptors (Lipinski definition) is 0. The Kier molecular flexibility index (Phi) is 211. The maximum atomic E-state index is 4.64. The van der Waals surface area contributed by atoms with Crippen LogP contribution in [0.4, 0.5) is 0 Å². The van der Waals surface area contributed by atoms with Gasteiger partial charge in [0.2, 0.25) is 0 Å². The molecule has 5 heavy (non-hydrogen) atoms. The summed E-state index contributed by atoms with van der Waals surface area (Å²) in [5.41, 5.74) is 0. The van der Waals surface area contributed by atoms with Crippen LogP contribution in [0, 0.1) is 0 Å². The van der Waals surface area contributed by atoms with Gasteiger partial charge in [0.25, 0.3) is 0 Å². The number of hydrogen-bond donors (Lipinski definition) is 0. The van der Waals surface area contributed by atoms with Gasteiger partial charge in [-0.15, -0.1) is 0 Å². The minimum Gasteiger partial charge on any atom is -0.0388 e. The SMILES string of the molecule is [B][SiH3].[Cr].[Ni].[W]. The van der Waals surface area contributed by atoms with Crippen molar-refractivity contribution in [2.24, 2.45) is 0 Å². The van der Waals surface area contributed by atoms with E-state index in [4.69, 9.17) is 0 Å². The summed E-state index contributed by atoms with van der Waals surface area (Å²) < 4.78 is 0. The smallest absolute Gasteiger partial charge is 0.0388 e. The van der Waals surface area contributed by atoms with Crippen LogP contribution in [0.5, 0.6) is 0 Å². The fraction of sp³-hybridized carbons (Fsp3) is 0. The Morgan fingerprint density at radius 3 is 1.20 bits per heavy atom. The monoisotopic (exact) mass is 336 g/mol. The molecule has 0 N–H and O–H groups in total. The molecule has 0 spiro atoms. The first kappa shape index (κ1) is 28.0. The molecule has 0 amide bonds. The summed E-state index contributed by atoms with van der Waals surface area (Å²) in [4.78, 5) is 0. The molecule has 0 aromatic rings. The van der Waals surface area contributed by atoms with E-state index in [9.17, 15) is 0 Å². The molecule has 0 atom stereocenters. The molecule has 0 saturated carbocycles. The molecule has 0 bridgehead atoms. The Hall–Kier alpha value is 2.00. The Morgan fingerprint density at radius 2 is 1.20 bits per heavy atom. The van der Waals surface area contributed by atoms with Crippen molar-refractivity contribution in [1.29, 1.82) is 0 Å². The van der Waals surface area contributed by atoms with Gasteiger partial charge in [0.15, 0.2) is 0 Å². The maximum absolute atomic E-state index is 4.64. The summed E-state index contributed by atoms with van der Waals surface area (Å²) in [5.74, 6) is 0. The normalized spacial score (nSPS) is 1.60. The van der Waals surface area contributed by atoms with Crippen LogP contribution < -0.4 is 0 Å². The first-order chi connectivity index (χ1) is 1.00. The molecule has 0 heterocycles. The van der Waals surface area contributed by atoms with E-state index in [2.05, 4.69) is 7.44 Å². The van der Waals surface area contributed by atoms with Gasteiger partial charge in [0, 0.05) is 62.4 Å². The molecular formula is H3BCrNiSiW. The van der Waals surface area contributed by atoms with Gasteiger partial charge >= 0.3 is 0 Å². The van der Waals surface area contributed by atoms with Crippen LogP contribution in [-0.2, 0) is 54.9 Å². The van der Waals surface area contributed by atoms with E-state index in [0.29, 0.717) is 0 Å². The minimum absolute atomic E-state index is 0. The molecule has 0 rings (SSSR count). The van der Waals surface area contributed by atoms with Gasteiger partial charge in [-0.1, -0.05) is 0 Å². The van der Waals surface area contributed by atoms with Crippen LogP contribution in [0.2, 0.25) is 0 Å². The molecule has 0 unspecified atom stereocenters. The summed E-state index contributed by atoms with van der Waals surface area (Å²) in [6.07, 6.45) is 0. The summed E-state index contributed by atoms with van der Waals surface area (Å²) >= 11 is 0. The van der Waals surface area contributed by atoms with Gasteiger partial charge in [-0.25, -0.2) is 0 Å². The fourth-order valence-corrected chi connectivity index (χ4v) is 0. The van der Waals surface area contributed by atoms with E-state index in [1.807, 2.05) is 0 Å². The molecule has 0 fully saturated rings. The second-order valence-electron chi connectivity index (χ2n) is 0. The third-order valence-corrected chi connectivity index (χ3v) is 0. The van der Waals surface area contributed by atoms with Crippen molar-refractivity contribution in [1.82, 2.24) is 0 Å². The Labute approximate surface area is 71.9 Å². The zero-order chi connectivity index (χ0) is 2.00. The van der Waals surface area contributed by atoms with Crippen molar-refractivity contribution in [3.63, 3.8) is 0 Å². The van der Waals surface area contributed by atoms with E-state index in [1.54, 1.807) is 0 Å². The average Bonchev–Trinajstić information content (AvgIpc) is 1.00. The molecule has 0 aromatic heterocycles. The predicted octanol–water partition coefficient (Wildman–Crippen LogP) is -1.57. The minimum atomic E-state index is 0. The van der Waals surface area contributed by atoms with Gasteiger partial charge in [0.1, 0.15) is 0 Å². The molecule has 32 valence electrons. The largest absolute Gasteiger partial charge is 0.0434 e. The third-order valence-electron chi connectivity index (χ3n) is 0. The molecule has 0 aliphatic rings. The van der Waals surface area contributed by atoms with Crippen LogP contribution in [-0.4, -0.2) is 17.6 Å². The molecule has 0 aromatic carbocycles. The standard InChI is InChI=1S/BH3Si.Cr.Ni.W/c1-2;;;/h2H3;;;. The Balaban J connectivity index is -0.00000000167. The zero-order valence-corrected chi connectivity index (χ0v) is 9.91. The molecular weight excluding hydrogens is 333 g/mol. The van der Waals surface area contributed by atoms with Crippen molar-refractivity contribution >= 4 is 17.6 Å². The van der Waals surface area contributed by atoms with Crippen LogP contribution in [0.15, 0.2) is 0 Å². The first-order valence-electron chi connectivity index (χ1n) is 0.577. The second-order valence-corrected chi connectivity index (χ2v) is 0. The Morgan fingerprint density at radius 1 is 1.20 bits per heavy atom. The fourth-order valence-electron chi connectivity index (χ4n) is 0. The van der Waals surface area contributed by atoms with Crippen molar-refractivity contribution < 1.29 is 54.9 Å². The summed E-state index contributed by atoms with van der Waals surface area (Å²) in [7, 11) is 5.44. The van der Waals surface area contributed by atoms with Crippen LogP contribution >= 0.6 is 0 Å². The van der Waals surface area contributed by atoms with E-state index < -0.39 is 0 Å². The second kappa shape index (κ2) is 37.6. The Bertz CT molecular complexity index is 11.6. The molecule has 2 radical (unpaired) electrons. The predicted molar refractivity (Wildman–Crippen MR) is 15.7 cm³/mol. The van der Waals surface area contributed by atoms with Gasteiger partial charge < -0.3 is 0 Å². The zero-order valence-electron chi connectivity index (χ0n) is 2.71. The van der Waals surface area contributed by atoms with E-state index >= 15 is 0 Å². The van der Waals surface area contributed by atoms with E-state index in [-0.39, 0.29) is 54.9 Å². The van der Waals surface area contributed by atoms with Gasteiger partial charge in [-0.3, -0.25) is 0 Å². The van der Waals surface area contributed by atoms with Gasteiger partial charge in [0.05, 0.1) is 0 Å². The number of rotatable bonds is 0. The van der Waals surface area contributed by atoms with Crippen molar-refractivity contribution in [2.75, 3.05) is 0 Å². The van der Waals surface area contributed by atoms with Crippen LogP contribution in [0.3, 0.4) is 0 Å².